The van der Waals surface area contributed by atoms with Gasteiger partial charge >= 0.3 is 0 Å². The van der Waals surface area contributed by atoms with Gasteiger partial charge in [0.15, 0.2) is 11.5 Å². The molecule has 21 heavy (non-hydrogen) atoms. The van der Waals surface area contributed by atoms with Gasteiger partial charge in [0, 0.05) is 11.6 Å². The van der Waals surface area contributed by atoms with Crippen molar-refractivity contribution in [2.75, 3.05) is 13.3 Å². The lowest BCUT2D eigenvalue weighted by Gasteiger charge is -2.34. The molecule has 0 bridgehead atoms. The van der Waals surface area contributed by atoms with Crippen LogP contribution in [0.5, 0.6) is 17.2 Å². The van der Waals surface area contributed by atoms with Gasteiger partial charge in [-0.15, -0.1) is 0 Å². The number of phenolic OH excluding ortho intramolecular Hbond substituents is 1. The SMILES string of the molecule is Oc1ccc2c(c1)-c1c3c(cc4c1[C@@H](C2)NCC4)OCO3. The fourth-order valence-corrected chi connectivity index (χ4v) is 3.83. The van der Waals surface area contributed by atoms with Crippen molar-refractivity contribution in [3.8, 4) is 28.4 Å². The molecule has 3 aliphatic rings. The second-order valence-electron chi connectivity index (χ2n) is 5.86. The van der Waals surface area contributed by atoms with E-state index in [2.05, 4.69) is 11.4 Å². The molecule has 1 atom stereocenters. The van der Waals surface area contributed by atoms with Crippen LogP contribution in [0, 0.1) is 0 Å². The summed E-state index contributed by atoms with van der Waals surface area (Å²) in [7, 11) is 0. The molecule has 0 aromatic heterocycles. The minimum absolute atomic E-state index is 0.275. The largest absolute Gasteiger partial charge is 0.508 e. The van der Waals surface area contributed by atoms with Crippen molar-refractivity contribution in [1.29, 1.82) is 0 Å². The van der Waals surface area contributed by atoms with E-state index in [1.54, 1.807) is 6.07 Å². The van der Waals surface area contributed by atoms with Crippen molar-refractivity contribution in [3.63, 3.8) is 0 Å². The molecule has 0 radical (unpaired) electrons. The Kier molecular flexibility index (Phi) is 2.14. The summed E-state index contributed by atoms with van der Waals surface area (Å²) in [5.74, 6) is 1.95. The first-order valence-electron chi connectivity index (χ1n) is 7.32. The number of nitrogens with one attached hydrogen (secondary N) is 1. The van der Waals surface area contributed by atoms with Crippen LogP contribution >= 0.6 is 0 Å². The van der Waals surface area contributed by atoms with Crippen molar-refractivity contribution >= 4 is 0 Å². The molecule has 106 valence electrons. The summed E-state index contributed by atoms with van der Waals surface area (Å²) in [5, 5.41) is 13.5. The smallest absolute Gasteiger partial charge is 0.231 e. The fraction of sp³-hybridized carbons (Fsp3) is 0.294. The van der Waals surface area contributed by atoms with Crippen LogP contribution in [0.15, 0.2) is 24.3 Å². The molecule has 0 fully saturated rings. The zero-order valence-electron chi connectivity index (χ0n) is 11.5. The van der Waals surface area contributed by atoms with Crippen LogP contribution in [0.2, 0.25) is 0 Å². The van der Waals surface area contributed by atoms with E-state index in [0.29, 0.717) is 11.8 Å². The first-order valence-corrected chi connectivity index (χ1v) is 7.32. The molecular weight excluding hydrogens is 266 g/mol. The molecule has 0 spiro atoms. The number of ether oxygens (including phenoxy) is 2. The van der Waals surface area contributed by atoms with Gasteiger partial charge in [-0.2, -0.15) is 0 Å². The van der Waals surface area contributed by atoms with Crippen LogP contribution < -0.4 is 14.8 Å². The van der Waals surface area contributed by atoms with Crippen LogP contribution in [0.4, 0.5) is 0 Å². The summed E-state index contributed by atoms with van der Waals surface area (Å²) >= 11 is 0. The molecule has 2 N–H and O–H groups in total. The second kappa shape index (κ2) is 3.92. The Morgan fingerprint density at radius 2 is 2.10 bits per heavy atom. The zero-order chi connectivity index (χ0) is 14.0. The van der Waals surface area contributed by atoms with Crippen molar-refractivity contribution < 1.29 is 14.6 Å². The molecule has 0 saturated carbocycles. The number of benzene rings is 2. The highest BCUT2D eigenvalue weighted by Crippen LogP contribution is 2.52. The molecule has 5 rings (SSSR count). The molecule has 2 aromatic rings. The van der Waals surface area contributed by atoms with E-state index in [4.69, 9.17) is 9.47 Å². The highest BCUT2D eigenvalue weighted by molar-refractivity contribution is 5.84. The standard InChI is InChI=1S/C17H15NO3/c19-11-2-1-9-5-13-15-10(3-4-18-13)6-14-17(21-8-20-14)16(15)12(9)7-11/h1-2,6-7,13,18-19H,3-5,8H2/t13-/m1/s1. The lowest BCUT2D eigenvalue weighted by Crippen LogP contribution is -2.33. The summed E-state index contributed by atoms with van der Waals surface area (Å²) in [6.07, 6.45) is 1.96. The molecule has 2 heterocycles. The molecule has 0 saturated heterocycles. The van der Waals surface area contributed by atoms with Gasteiger partial charge in [-0.1, -0.05) is 6.07 Å². The minimum Gasteiger partial charge on any atom is -0.508 e. The summed E-state index contributed by atoms with van der Waals surface area (Å²) in [6.45, 7) is 1.27. The van der Waals surface area contributed by atoms with Crippen molar-refractivity contribution in [1.82, 2.24) is 5.32 Å². The van der Waals surface area contributed by atoms with E-state index < -0.39 is 0 Å². The number of aromatic hydroxyl groups is 1. The number of hydrogen-bond donors (Lipinski definition) is 2. The predicted molar refractivity (Wildman–Crippen MR) is 77.8 cm³/mol. The van der Waals surface area contributed by atoms with Gasteiger partial charge in [0.05, 0.1) is 0 Å². The molecular formula is C17H15NO3. The Bertz CT molecular complexity index is 769. The van der Waals surface area contributed by atoms with Crippen molar-refractivity contribution in [2.45, 2.75) is 18.9 Å². The first-order chi connectivity index (χ1) is 10.3. The van der Waals surface area contributed by atoms with Gasteiger partial charge in [-0.25, -0.2) is 0 Å². The third-order valence-electron chi connectivity index (χ3n) is 4.71. The predicted octanol–water partition coefficient (Wildman–Crippen LogP) is 2.53. The third kappa shape index (κ3) is 1.48. The zero-order valence-corrected chi connectivity index (χ0v) is 11.5. The number of rotatable bonds is 0. The van der Waals surface area contributed by atoms with Crippen molar-refractivity contribution in [3.05, 3.63) is 41.0 Å². The summed E-state index contributed by atoms with van der Waals surface area (Å²) in [5.41, 5.74) is 6.09. The summed E-state index contributed by atoms with van der Waals surface area (Å²) in [6, 6.07) is 8.07. The Morgan fingerprint density at radius 1 is 1.14 bits per heavy atom. The number of fused-ring (bicyclic) bond motifs is 4. The van der Waals surface area contributed by atoms with Gasteiger partial charge in [-0.05, 0) is 59.8 Å². The molecule has 2 aromatic carbocycles. The Labute approximate surface area is 122 Å². The molecule has 4 nitrogen and oxygen atoms in total. The lowest BCUT2D eigenvalue weighted by atomic mass is 9.77. The molecule has 2 aliphatic heterocycles. The van der Waals surface area contributed by atoms with Crippen LogP contribution in [0.1, 0.15) is 22.7 Å². The summed E-state index contributed by atoms with van der Waals surface area (Å²) in [4.78, 5) is 0. The second-order valence-corrected chi connectivity index (χ2v) is 5.86. The van der Waals surface area contributed by atoms with Crippen molar-refractivity contribution in [2.24, 2.45) is 0 Å². The molecule has 1 aliphatic carbocycles. The van der Waals surface area contributed by atoms with Crippen LogP contribution in [0.3, 0.4) is 0 Å². The van der Waals surface area contributed by atoms with E-state index in [1.165, 1.54) is 16.7 Å². The highest BCUT2D eigenvalue weighted by atomic mass is 16.7. The first kappa shape index (κ1) is 11.5. The maximum absolute atomic E-state index is 9.88. The third-order valence-corrected chi connectivity index (χ3v) is 4.71. The minimum atomic E-state index is 0.275. The lowest BCUT2D eigenvalue weighted by molar-refractivity contribution is 0.174. The van der Waals surface area contributed by atoms with E-state index in [0.717, 1.165) is 42.0 Å². The van der Waals surface area contributed by atoms with E-state index >= 15 is 0 Å². The van der Waals surface area contributed by atoms with E-state index in [-0.39, 0.29) is 6.79 Å². The normalized spacial score (nSPS) is 20.9. The fourth-order valence-electron chi connectivity index (χ4n) is 3.83. The molecule has 4 heteroatoms. The molecule has 0 unspecified atom stereocenters. The van der Waals surface area contributed by atoms with Gasteiger partial charge in [0.25, 0.3) is 0 Å². The van der Waals surface area contributed by atoms with Gasteiger partial charge in [-0.3, -0.25) is 0 Å². The topological polar surface area (TPSA) is 50.7 Å². The highest BCUT2D eigenvalue weighted by Gasteiger charge is 2.35. The van der Waals surface area contributed by atoms with Crippen LogP contribution in [-0.2, 0) is 12.8 Å². The van der Waals surface area contributed by atoms with Gasteiger partial charge < -0.3 is 19.9 Å². The van der Waals surface area contributed by atoms with Crippen LogP contribution in [0.25, 0.3) is 11.1 Å². The maximum Gasteiger partial charge on any atom is 0.231 e. The Morgan fingerprint density at radius 3 is 3.05 bits per heavy atom. The number of hydrogen-bond acceptors (Lipinski definition) is 4. The van der Waals surface area contributed by atoms with Gasteiger partial charge in [0.1, 0.15) is 5.75 Å². The van der Waals surface area contributed by atoms with Crippen LogP contribution in [-0.4, -0.2) is 18.4 Å². The molecule has 0 amide bonds. The van der Waals surface area contributed by atoms with E-state index in [1.807, 2.05) is 12.1 Å². The number of phenols is 1. The Balaban J connectivity index is 1.89. The maximum atomic E-state index is 9.88. The van der Waals surface area contributed by atoms with Gasteiger partial charge in [0.2, 0.25) is 6.79 Å². The Hall–Kier alpha value is -2.20. The van der Waals surface area contributed by atoms with E-state index in [9.17, 15) is 5.11 Å². The monoisotopic (exact) mass is 281 g/mol. The average Bonchev–Trinajstić information content (AvgIpc) is 2.95. The summed E-state index contributed by atoms with van der Waals surface area (Å²) < 4.78 is 11.3. The quantitative estimate of drug-likeness (QED) is 0.779. The average molecular weight is 281 g/mol.